The molecule has 3 aliphatic rings. The number of aryl methyl sites for hydroxylation is 1. The van der Waals surface area contributed by atoms with Gasteiger partial charge in [-0.3, -0.25) is 0 Å². The standard InChI is InChI=1S/C24H28F2N8O/c1-35-21-11-18(12-27-30-21)32-13-15-4-5-16(14-32)22(15)28-23-29-24-33(8-2-3-9-34(24)31-23)17-6-7-19(25)20(26)10-17/h6-7,10-12,15-16,22H,2-5,8-9,13-14H2,1H3,(H,28,31)/t15-,16-/m1/s1. The van der Waals surface area contributed by atoms with E-state index in [2.05, 4.69) is 20.4 Å². The average molecular weight is 483 g/mol. The first-order valence-electron chi connectivity index (χ1n) is 12.1. The van der Waals surface area contributed by atoms with Gasteiger partial charge in [0.1, 0.15) is 0 Å². The first-order chi connectivity index (χ1) is 17.1. The van der Waals surface area contributed by atoms with E-state index >= 15 is 0 Å². The third-order valence-electron chi connectivity index (χ3n) is 7.43. The molecule has 2 bridgehead atoms. The lowest BCUT2D eigenvalue weighted by Crippen LogP contribution is -2.48. The van der Waals surface area contributed by atoms with Gasteiger partial charge in [0.25, 0.3) is 0 Å². The van der Waals surface area contributed by atoms with E-state index in [1.54, 1.807) is 19.4 Å². The molecule has 2 aromatic heterocycles. The van der Waals surface area contributed by atoms with Crippen molar-refractivity contribution in [1.29, 1.82) is 0 Å². The summed E-state index contributed by atoms with van der Waals surface area (Å²) in [6.45, 7) is 3.25. The summed E-state index contributed by atoms with van der Waals surface area (Å²) in [7, 11) is 1.60. The summed E-state index contributed by atoms with van der Waals surface area (Å²) >= 11 is 0. The molecular formula is C24H28F2N8O. The fourth-order valence-electron chi connectivity index (χ4n) is 5.70. The lowest BCUT2D eigenvalue weighted by atomic mass is 9.92. The summed E-state index contributed by atoms with van der Waals surface area (Å²) in [6, 6.07) is 6.20. The van der Waals surface area contributed by atoms with Gasteiger partial charge in [0.15, 0.2) is 11.6 Å². The van der Waals surface area contributed by atoms with Crippen LogP contribution in [0.3, 0.4) is 0 Å². The highest BCUT2D eigenvalue weighted by Crippen LogP contribution is 2.40. The second-order valence-corrected chi connectivity index (χ2v) is 9.54. The summed E-state index contributed by atoms with van der Waals surface area (Å²) in [5.41, 5.74) is 1.61. The molecule has 0 amide bonds. The van der Waals surface area contributed by atoms with Crippen molar-refractivity contribution in [1.82, 2.24) is 25.0 Å². The van der Waals surface area contributed by atoms with Crippen molar-refractivity contribution >= 4 is 23.3 Å². The van der Waals surface area contributed by atoms with Crippen LogP contribution < -0.4 is 19.9 Å². The number of benzene rings is 1. The molecule has 1 aromatic carbocycles. The Labute approximate surface area is 202 Å². The summed E-state index contributed by atoms with van der Waals surface area (Å²) in [6.07, 6.45) is 5.94. The minimum absolute atomic E-state index is 0.284. The van der Waals surface area contributed by atoms with Crippen LogP contribution in [0.5, 0.6) is 5.88 Å². The van der Waals surface area contributed by atoms with Crippen LogP contribution in [0.25, 0.3) is 0 Å². The van der Waals surface area contributed by atoms with E-state index < -0.39 is 11.6 Å². The maximum Gasteiger partial charge on any atom is 0.244 e. The highest BCUT2D eigenvalue weighted by molar-refractivity contribution is 5.59. The molecule has 0 unspecified atom stereocenters. The number of anilines is 4. The van der Waals surface area contributed by atoms with Crippen molar-refractivity contribution in [3.63, 3.8) is 0 Å². The SMILES string of the molecule is COc1cc(N2C[C@H]3CC[C@H](C2)C3Nc2nc3n(n2)CCCCN3c2ccc(F)c(F)c2)cnn1. The summed E-state index contributed by atoms with van der Waals surface area (Å²) in [5.74, 6) is 0.978. The predicted octanol–water partition coefficient (Wildman–Crippen LogP) is 3.61. The Morgan fingerprint density at radius 3 is 2.57 bits per heavy atom. The van der Waals surface area contributed by atoms with Crippen molar-refractivity contribution in [2.75, 3.05) is 41.9 Å². The van der Waals surface area contributed by atoms with E-state index in [0.29, 0.717) is 41.8 Å². The molecule has 1 N–H and O–H groups in total. The molecule has 11 heteroatoms. The normalized spacial score (nSPS) is 23.7. The molecule has 2 fully saturated rings. The summed E-state index contributed by atoms with van der Waals surface area (Å²) < 4.78 is 34.6. The van der Waals surface area contributed by atoms with Crippen LogP contribution in [0.4, 0.5) is 32.1 Å². The predicted molar refractivity (Wildman–Crippen MR) is 127 cm³/mol. The molecule has 0 spiro atoms. The van der Waals surface area contributed by atoms with Gasteiger partial charge in [0.05, 0.1) is 19.0 Å². The molecule has 1 saturated heterocycles. The molecule has 35 heavy (non-hydrogen) atoms. The number of nitrogens with zero attached hydrogens (tertiary/aromatic N) is 7. The first-order valence-corrected chi connectivity index (χ1v) is 12.1. The zero-order valence-electron chi connectivity index (χ0n) is 19.6. The molecule has 4 heterocycles. The molecule has 1 aliphatic carbocycles. The second-order valence-electron chi connectivity index (χ2n) is 9.54. The Morgan fingerprint density at radius 2 is 1.80 bits per heavy atom. The first kappa shape index (κ1) is 22.0. The van der Waals surface area contributed by atoms with Gasteiger partial charge in [0.2, 0.25) is 17.8 Å². The number of hydrogen-bond donors (Lipinski definition) is 1. The second kappa shape index (κ2) is 8.94. The number of nitrogens with one attached hydrogen (secondary N) is 1. The van der Waals surface area contributed by atoms with Gasteiger partial charge in [-0.1, -0.05) is 0 Å². The Kier molecular flexibility index (Phi) is 5.62. The van der Waals surface area contributed by atoms with Gasteiger partial charge in [-0.2, -0.15) is 10.1 Å². The molecule has 2 atom stereocenters. The number of methoxy groups -OCH3 is 1. The van der Waals surface area contributed by atoms with Crippen LogP contribution in [0, 0.1) is 23.5 Å². The third kappa shape index (κ3) is 4.12. The van der Waals surface area contributed by atoms with E-state index in [1.807, 2.05) is 15.6 Å². The van der Waals surface area contributed by atoms with Crippen molar-refractivity contribution in [2.24, 2.45) is 11.8 Å². The molecule has 0 radical (unpaired) electrons. The monoisotopic (exact) mass is 482 g/mol. The number of hydrogen-bond acceptors (Lipinski definition) is 8. The average Bonchev–Trinajstić information content (AvgIpc) is 3.27. The van der Waals surface area contributed by atoms with Gasteiger partial charge in [-0.25, -0.2) is 13.5 Å². The van der Waals surface area contributed by atoms with E-state index in [-0.39, 0.29) is 6.04 Å². The maximum atomic E-state index is 13.9. The molecule has 184 valence electrons. The van der Waals surface area contributed by atoms with Crippen molar-refractivity contribution in [3.8, 4) is 5.88 Å². The quantitative estimate of drug-likeness (QED) is 0.591. The van der Waals surface area contributed by atoms with Crippen LogP contribution in [-0.4, -0.2) is 57.7 Å². The highest BCUT2D eigenvalue weighted by atomic mass is 19.2. The van der Waals surface area contributed by atoms with Gasteiger partial charge in [0, 0.05) is 50.0 Å². The van der Waals surface area contributed by atoms with Crippen LogP contribution in [0.15, 0.2) is 30.5 Å². The Hall–Kier alpha value is -3.50. The van der Waals surface area contributed by atoms with Crippen molar-refractivity contribution in [2.45, 2.75) is 38.3 Å². The van der Waals surface area contributed by atoms with Crippen LogP contribution in [-0.2, 0) is 6.54 Å². The highest BCUT2D eigenvalue weighted by Gasteiger charge is 2.43. The van der Waals surface area contributed by atoms with Crippen LogP contribution >= 0.6 is 0 Å². The Bertz CT molecular complexity index is 1210. The van der Waals surface area contributed by atoms with E-state index in [9.17, 15) is 8.78 Å². The van der Waals surface area contributed by atoms with Crippen molar-refractivity contribution < 1.29 is 13.5 Å². The topological polar surface area (TPSA) is 84.2 Å². The minimum atomic E-state index is -0.860. The van der Waals surface area contributed by atoms with Gasteiger partial charge < -0.3 is 19.9 Å². The largest absolute Gasteiger partial charge is 0.480 e. The van der Waals surface area contributed by atoms with E-state index in [4.69, 9.17) is 14.8 Å². The van der Waals surface area contributed by atoms with E-state index in [1.165, 1.54) is 6.07 Å². The number of fused-ring (bicyclic) bond motifs is 3. The maximum absolute atomic E-state index is 13.9. The minimum Gasteiger partial charge on any atom is -0.480 e. The van der Waals surface area contributed by atoms with Gasteiger partial charge in [-0.05, 0) is 49.7 Å². The summed E-state index contributed by atoms with van der Waals surface area (Å²) in [4.78, 5) is 9.10. The smallest absolute Gasteiger partial charge is 0.244 e. The Balaban J connectivity index is 1.21. The Morgan fingerprint density at radius 1 is 1.00 bits per heavy atom. The number of rotatable bonds is 5. The lowest BCUT2D eigenvalue weighted by molar-refractivity contribution is 0.372. The number of aromatic nitrogens is 5. The molecule has 3 aromatic rings. The molecule has 6 rings (SSSR count). The lowest BCUT2D eigenvalue weighted by Gasteiger charge is -2.39. The van der Waals surface area contributed by atoms with Crippen LogP contribution in [0.2, 0.25) is 0 Å². The number of halogens is 2. The molecular weight excluding hydrogens is 454 g/mol. The number of ether oxygens (including phenoxy) is 1. The van der Waals surface area contributed by atoms with E-state index in [0.717, 1.165) is 57.1 Å². The third-order valence-corrected chi connectivity index (χ3v) is 7.43. The molecule has 2 aliphatic heterocycles. The summed E-state index contributed by atoms with van der Waals surface area (Å²) in [5, 5.41) is 16.4. The van der Waals surface area contributed by atoms with Gasteiger partial charge >= 0.3 is 0 Å². The zero-order chi connectivity index (χ0) is 23.9. The van der Waals surface area contributed by atoms with Crippen LogP contribution in [0.1, 0.15) is 25.7 Å². The number of piperidine rings is 1. The molecule has 9 nitrogen and oxygen atoms in total. The fraction of sp³-hybridized carbons (Fsp3) is 0.500. The van der Waals surface area contributed by atoms with Gasteiger partial charge in [-0.15, -0.1) is 10.2 Å². The molecule has 1 saturated carbocycles. The zero-order valence-corrected chi connectivity index (χ0v) is 19.6. The fourth-order valence-corrected chi connectivity index (χ4v) is 5.70. The van der Waals surface area contributed by atoms with Crippen molar-refractivity contribution in [3.05, 3.63) is 42.1 Å².